The van der Waals surface area contributed by atoms with Crippen LogP contribution in [0.4, 0.5) is 0 Å². The van der Waals surface area contributed by atoms with Crippen molar-refractivity contribution in [1.82, 2.24) is 15.6 Å². The first kappa shape index (κ1) is 8.40. The van der Waals surface area contributed by atoms with Gasteiger partial charge in [0.25, 0.3) is 0 Å². The Morgan fingerprint density at radius 2 is 1.82 bits per heavy atom. The second-order valence-corrected chi connectivity index (χ2v) is 3.32. The molecule has 3 heteroatoms. The zero-order chi connectivity index (χ0) is 8.43. The molecule has 0 atom stereocenters. The Morgan fingerprint density at radius 3 is 2.09 bits per heavy atom. The van der Waals surface area contributed by atoms with Gasteiger partial charge in [0.2, 0.25) is 0 Å². The lowest BCUT2D eigenvalue weighted by molar-refractivity contribution is 0.0839. The lowest BCUT2D eigenvalue weighted by atomic mass is 10.4. The van der Waals surface area contributed by atoms with Gasteiger partial charge in [0.05, 0.1) is 6.20 Å². The molecule has 1 aliphatic rings. The molecule has 0 amide bonds. The van der Waals surface area contributed by atoms with Gasteiger partial charge < -0.3 is 0 Å². The molecule has 0 saturated heterocycles. The second kappa shape index (κ2) is 3.13. The van der Waals surface area contributed by atoms with Crippen molar-refractivity contribution >= 4 is 0 Å². The summed E-state index contributed by atoms with van der Waals surface area (Å²) in [5.74, 6) is 0. The highest BCUT2D eigenvalue weighted by atomic mass is 15.8. The fourth-order valence-electron chi connectivity index (χ4n) is 0.836. The molecule has 0 aliphatic carbocycles. The maximum Gasteiger partial charge on any atom is 0.0978 e. The van der Waals surface area contributed by atoms with E-state index < -0.39 is 0 Å². The van der Waals surface area contributed by atoms with Crippen LogP contribution in [0.2, 0.25) is 0 Å². The van der Waals surface area contributed by atoms with E-state index in [1.165, 1.54) is 0 Å². The Labute approximate surface area is 68.6 Å². The zero-order valence-electron chi connectivity index (χ0n) is 7.63. The summed E-state index contributed by atoms with van der Waals surface area (Å²) in [6.07, 6.45) is 5.05. The van der Waals surface area contributed by atoms with E-state index >= 15 is 0 Å². The maximum absolute atomic E-state index is 3.19. The Balaban J connectivity index is 2.43. The molecule has 0 bridgehead atoms. The molecule has 3 nitrogen and oxygen atoms in total. The van der Waals surface area contributed by atoms with E-state index in [1.807, 2.05) is 16.2 Å². The molecular weight excluding hydrogens is 138 g/mol. The van der Waals surface area contributed by atoms with Crippen LogP contribution in [0.3, 0.4) is 0 Å². The first-order valence-corrected chi connectivity index (χ1v) is 4.04. The number of hydrogen-bond donors (Lipinski definition) is 1. The van der Waals surface area contributed by atoms with Crippen LogP contribution in [0.25, 0.3) is 0 Å². The Kier molecular flexibility index (Phi) is 2.39. The van der Waals surface area contributed by atoms with Gasteiger partial charge in [0.1, 0.15) is 0 Å². The molecule has 0 saturated carbocycles. The average molecular weight is 154 g/mol. The maximum atomic E-state index is 3.19. The highest BCUT2D eigenvalue weighted by molar-refractivity contribution is 4.82. The summed E-state index contributed by atoms with van der Waals surface area (Å²) >= 11 is 0. The minimum Gasteiger partial charge on any atom is -0.293 e. The van der Waals surface area contributed by atoms with Gasteiger partial charge in [-0.1, -0.05) is 0 Å². The molecular formula is C8H16N3. The molecule has 0 fully saturated rings. The van der Waals surface area contributed by atoms with Crippen molar-refractivity contribution in [3.63, 3.8) is 0 Å². The minimum absolute atomic E-state index is 0.454. The molecule has 0 aromatic carbocycles. The predicted octanol–water partition coefficient (Wildman–Crippen LogP) is 1.11. The van der Waals surface area contributed by atoms with Crippen LogP contribution in [0, 0.1) is 6.20 Å². The molecule has 1 aliphatic heterocycles. The number of rotatable bonds is 2. The normalized spacial score (nSPS) is 17.6. The number of hydrogen-bond acceptors (Lipinski definition) is 3. The van der Waals surface area contributed by atoms with Crippen molar-refractivity contribution in [3.8, 4) is 0 Å². The summed E-state index contributed by atoms with van der Waals surface area (Å²) in [5.41, 5.74) is 3.19. The summed E-state index contributed by atoms with van der Waals surface area (Å²) in [6.45, 7) is 8.51. The van der Waals surface area contributed by atoms with Crippen LogP contribution in [0.1, 0.15) is 27.7 Å². The smallest absolute Gasteiger partial charge is 0.0978 e. The monoisotopic (exact) mass is 154 g/mol. The molecule has 1 rings (SSSR count). The molecule has 63 valence electrons. The molecule has 1 heterocycles. The van der Waals surface area contributed by atoms with Crippen molar-refractivity contribution in [2.75, 3.05) is 0 Å². The van der Waals surface area contributed by atoms with Crippen LogP contribution in [0.5, 0.6) is 0 Å². The van der Waals surface area contributed by atoms with Gasteiger partial charge in [-0.3, -0.25) is 10.0 Å². The van der Waals surface area contributed by atoms with E-state index in [-0.39, 0.29) is 0 Å². The van der Waals surface area contributed by atoms with E-state index in [9.17, 15) is 0 Å². The van der Waals surface area contributed by atoms with Crippen LogP contribution >= 0.6 is 0 Å². The molecule has 0 spiro atoms. The van der Waals surface area contributed by atoms with Crippen molar-refractivity contribution in [2.24, 2.45) is 0 Å². The first-order valence-electron chi connectivity index (χ1n) is 4.04. The Hall–Kier alpha value is -0.700. The Morgan fingerprint density at radius 1 is 1.18 bits per heavy atom. The predicted molar refractivity (Wildman–Crippen MR) is 44.9 cm³/mol. The van der Waals surface area contributed by atoms with Gasteiger partial charge >= 0.3 is 0 Å². The van der Waals surface area contributed by atoms with E-state index in [0.717, 1.165) is 0 Å². The summed E-state index contributed by atoms with van der Waals surface area (Å²) in [6, 6.07) is 0.932. The summed E-state index contributed by atoms with van der Waals surface area (Å²) in [4.78, 5) is 0. The third kappa shape index (κ3) is 1.87. The third-order valence-electron chi connectivity index (χ3n) is 1.63. The quantitative estimate of drug-likeness (QED) is 0.643. The van der Waals surface area contributed by atoms with Crippen LogP contribution in [-0.2, 0) is 0 Å². The van der Waals surface area contributed by atoms with Gasteiger partial charge in [-0.25, -0.2) is 0 Å². The average Bonchev–Trinajstić information content (AvgIpc) is 2.33. The van der Waals surface area contributed by atoms with E-state index in [1.54, 1.807) is 0 Å². The fraction of sp³-hybridized carbons (Fsp3) is 0.750. The highest BCUT2D eigenvalue weighted by Gasteiger charge is 2.16. The third-order valence-corrected chi connectivity index (χ3v) is 1.63. The van der Waals surface area contributed by atoms with Crippen molar-refractivity contribution < 1.29 is 0 Å². The summed E-state index contributed by atoms with van der Waals surface area (Å²) < 4.78 is 0. The number of nitrogens with one attached hydrogen (secondary N) is 1. The summed E-state index contributed by atoms with van der Waals surface area (Å²) in [7, 11) is 0. The van der Waals surface area contributed by atoms with Crippen LogP contribution in [-0.4, -0.2) is 22.1 Å². The molecule has 0 aromatic rings. The zero-order valence-corrected chi connectivity index (χ0v) is 7.63. The largest absolute Gasteiger partial charge is 0.293 e. The van der Waals surface area contributed by atoms with E-state index in [2.05, 4.69) is 39.4 Å². The number of nitrogens with zero attached hydrogens (tertiary/aromatic N) is 2. The van der Waals surface area contributed by atoms with Crippen molar-refractivity contribution in [1.29, 1.82) is 0 Å². The van der Waals surface area contributed by atoms with E-state index in [4.69, 9.17) is 0 Å². The van der Waals surface area contributed by atoms with Gasteiger partial charge in [0.15, 0.2) is 0 Å². The SMILES string of the molecule is CC(C)N1[C]=CN(C(C)C)N1. The molecule has 1 N–H and O–H groups in total. The number of hydrazine groups is 2. The molecule has 11 heavy (non-hydrogen) atoms. The van der Waals surface area contributed by atoms with Crippen molar-refractivity contribution in [3.05, 3.63) is 12.4 Å². The highest BCUT2D eigenvalue weighted by Crippen LogP contribution is 2.06. The lowest BCUT2D eigenvalue weighted by Gasteiger charge is -2.27. The summed E-state index contributed by atoms with van der Waals surface area (Å²) in [5, 5.41) is 3.99. The van der Waals surface area contributed by atoms with Gasteiger partial charge in [-0.2, -0.15) is 0 Å². The topological polar surface area (TPSA) is 18.5 Å². The van der Waals surface area contributed by atoms with Crippen molar-refractivity contribution in [2.45, 2.75) is 39.8 Å². The Bertz CT molecular complexity index is 135. The molecule has 0 aromatic heterocycles. The van der Waals surface area contributed by atoms with E-state index in [0.29, 0.717) is 12.1 Å². The second-order valence-electron chi connectivity index (χ2n) is 3.32. The standard InChI is InChI=1S/C8H16N3/c1-7(2)10-5-6-11(9-10)8(3)4/h5,7-9H,1-4H3. The molecule has 0 unspecified atom stereocenters. The molecule has 1 radical (unpaired) electrons. The van der Waals surface area contributed by atoms with Gasteiger partial charge in [-0.15, -0.1) is 5.53 Å². The van der Waals surface area contributed by atoms with Gasteiger partial charge in [0, 0.05) is 18.3 Å². The minimum atomic E-state index is 0.454. The lowest BCUT2D eigenvalue weighted by Crippen LogP contribution is -2.45. The first-order chi connectivity index (χ1) is 5.11. The van der Waals surface area contributed by atoms with Crippen LogP contribution in [0.15, 0.2) is 6.20 Å². The van der Waals surface area contributed by atoms with Gasteiger partial charge in [-0.05, 0) is 27.7 Å². The van der Waals surface area contributed by atoms with Crippen LogP contribution < -0.4 is 5.53 Å². The fourth-order valence-corrected chi connectivity index (χ4v) is 0.836.